The maximum absolute atomic E-state index is 13.1. The van der Waals surface area contributed by atoms with Gasteiger partial charge in [0, 0.05) is 5.69 Å². The highest BCUT2D eigenvalue weighted by Gasteiger charge is 2.20. The quantitative estimate of drug-likeness (QED) is 0.845. The van der Waals surface area contributed by atoms with Gasteiger partial charge in [-0.05, 0) is 29.7 Å². The van der Waals surface area contributed by atoms with Gasteiger partial charge in [0.05, 0.1) is 11.6 Å². The monoisotopic (exact) mass is 286 g/mol. The summed E-state index contributed by atoms with van der Waals surface area (Å²) >= 11 is 0. The lowest BCUT2D eigenvalue weighted by molar-refractivity contribution is 0.0926. The molecular weight excluding hydrogens is 267 g/mol. The zero-order chi connectivity index (χ0) is 15.4. The van der Waals surface area contributed by atoms with Crippen molar-refractivity contribution in [1.82, 2.24) is 5.32 Å². The van der Waals surface area contributed by atoms with Gasteiger partial charge in [-0.2, -0.15) is 0 Å². The first-order chi connectivity index (χ1) is 9.99. The van der Waals surface area contributed by atoms with E-state index in [0.29, 0.717) is 0 Å². The summed E-state index contributed by atoms with van der Waals surface area (Å²) in [4.78, 5) is 12.4. The summed E-state index contributed by atoms with van der Waals surface area (Å²) in [6, 6.07) is 13.4. The summed E-state index contributed by atoms with van der Waals surface area (Å²) in [5.41, 5.74) is 7.17. The first-order valence-electron chi connectivity index (χ1n) is 6.90. The zero-order valence-corrected chi connectivity index (χ0v) is 12.1. The molecule has 0 radical (unpaired) electrons. The van der Waals surface area contributed by atoms with E-state index < -0.39 is 5.82 Å². The molecule has 4 heteroatoms. The molecule has 0 saturated heterocycles. The second kappa shape index (κ2) is 6.39. The van der Waals surface area contributed by atoms with E-state index in [1.54, 1.807) is 0 Å². The van der Waals surface area contributed by atoms with E-state index in [0.717, 1.165) is 11.6 Å². The van der Waals surface area contributed by atoms with Crippen LogP contribution >= 0.6 is 0 Å². The lowest BCUT2D eigenvalue weighted by Crippen LogP contribution is -2.32. The Hall–Kier alpha value is -2.36. The fourth-order valence-corrected chi connectivity index (χ4v) is 2.25. The van der Waals surface area contributed by atoms with Crippen molar-refractivity contribution < 1.29 is 9.18 Å². The number of halogens is 1. The van der Waals surface area contributed by atoms with Gasteiger partial charge in [-0.1, -0.05) is 44.2 Å². The second-order valence-electron chi connectivity index (χ2n) is 5.34. The molecule has 0 aliphatic carbocycles. The molecule has 0 spiro atoms. The average molecular weight is 286 g/mol. The third-order valence-corrected chi connectivity index (χ3v) is 3.37. The number of hydrogen-bond acceptors (Lipinski definition) is 2. The van der Waals surface area contributed by atoms with E-state index in [1.165, 1.54) is 12.1 Å². The van der Waals surface area contributed by atoms with Gasteiger partial charge in [0.15, 0.2) is 0 Å². The molecule has 3 nitrogen and oxygen atoms in total. The van der Waals surface area contributed by atoms with Crippen LogP contribution in [0.5, 0.6) is 0 Å². The summed E-state index contributed by atoms with van der Waals surface area (Å²) in [6.45, 7) is 4.07. The molecule has 0 aliphatic heterocycles. The van der Waals surface area contributed by atoms with Crippen molar-refractivity contribution in [2.75, 3.05) is 5.73 Å². The van der Waals surface area contributed by atoms with Crippen LogP contribution in [0.15, 0.2) is 48.5 Å². The molecule has 2 rings (SSSR count). The van der Waals surface area contributed by atoms with Crippen LogP contribution in [0.25, 0.3) is 0 Å². The van der Waals surface area contributed by atoms with Crippen LogP contribution in [-0.2, 0) is 0 Å². The van der Waals surface area contributed by atoms with Gasteiger partial charge in [0.1, 0.15) is 5.82 Å². The maximum Gasteiger partial charge on any atom is 0.253 e. The minimum atomic E-state index is -0.451. The summed E-state index contributed by atoms with van der Waals surface area (Å²) in [5.74, 6) is -0.527. The van der Waals surface area contributed by atoms with Crippen LogP contribution in [0.3, 0.4) is 0 Å². The number of amides is 1. The Balaban J connectivity index is 2.23. The van der Waals surface area contributed by atoms with Crippen molar-refractivity contribution in [1.29, 1.82) is 0 Å². The Kier molecular flexibility index (Phi) is 4.58. The highest BCUT2D eigenvalue weighted by molar-refractivity contribution is 5.99. The zero-order valence-electron chi connectivity index (χ0n) is 12.1. The molecular formula is C17H19FN2O. The maximum atomic E-state index is 13.1. The van der Waals surface area contributed by atoms with Gasteiger partial charge >= 0.3 is 0 Å². The molecule has 2 aromatic rings. The van der Waals surface area contributed by atoms with Crippen molar-refractivity contribution in [2.24, 2.45) is 5.92 Å². The molecule has 1 amide bonds. The number of nitrogens with one attached hydrogen (secondary N) is 1. The Labute approximate surface area is 124 Å². The van der Waals surface area contributed by atoms with Crippen molar-refractivity contribution in [3.05, 3.63) is 65.5 Å². The second-order valence-corrected chi connectivity index (χ2v) is 5.34. The van der Waals surface area contributed by atoms with Crippen molar-refractivity contribution in [3.8, 4) is 0 Å². The number of rotatable bonds is 4. The lowest BCUT2D eigenvalue weighted by Gasteiger charge is -2.23. The van der Waals surface area contributed by atoms with Crippen molar-refractivity contribution in [2.45, 2.75) is 19.9 Å². The third-order valence-electron chi connectivity index (χ3n) is 3.37. The average Bonchev–Trinajstić information content (AvgIpc) is 2.45. The van der Waals surface area contributed by atoms with Crippen LogP contribution in [0.2, 0.25) is 0 Å². The molecule has 110 valence electrons. The first-order valence-corrected chi connectivity index (χ1v) is 6.90. The van der Waals surface area contributed by atoms with E-state index in [1.807, 2.05) is 44.2 Å². The lowest BCUT2D eigenvalue weighted by atomic mass is 9.95. The van der Waals surface area contributed by atoms with Crippen LogP contribution < -0.4 is 11.1 Å². The Bertz CT molecular complexity index is 626. The normalized spacial score (nSPS) is 12.2. The topological polar surface area (TPSA) is 55.1 Å². The third kappa shape index (κ3) is 3.60. The molecule has 0 fully saturated rings. The van der Waals surface area contributed by atoms with Crippen molar-refractivity contribution >= 4 is 11.6 Å². The number of carbonyl (C=O) groups is 1. The summed E-state index contributed by atoms with van der Waals surface area (Å²) in [7, 11) is 0. The molecule has 2 aromatic carbocycles. The highest BCUT2D eigenvalue weighted by Crippen LogP contribution is 2.23. The molecule has 0 heterocycles. The Morgan fingerprint density at radius 3 is 2.38 bits per heavy atom. The van der Waals surface area contributed by atoms with Gasteiger partial charge in [-0.3, -0.25) is 4.79 Å². The molecule has 0 aromatic heterocycles. The van der Waals surface area contributed by atoms with Crippen LogP contribution in [0.1, 0.15) is 35.8 Å². The van der Waals surface area contributed by atoms with E-state index >= 15 is 0 Å². The fourth-order valence-electron chi connectivity index (χ4n) is 2.25. The molecule has 21 heavy (non-hydrogen) atoms. The number of benzene rings is 2. The minimum Gasteiger partial charge on any atom is -0.398 e. The molecule has 1 atom stereocenters. The number of nitrogens with two attached hydrogens (primary N) is 1. The van der Waals surface area contributed by atoms with E-state index in [2.05, 4.69) is 5.32 Å². The largest absolute Gasteiger partial charge is 0.398 e. The van der Waals surface area contributed by atoms with E-state index in [9.17, 15) is 9.18 Å². The van der Waals surface area contributed by atoms with Gasteiger partial charge in [0.2, 0.25) is 0 Å². The molecule has 1 unspecified atom stereocenters. The SMILES string of the molecule is CC(C)C(NC(=O)c1ccc(F)cc1N)c1ccccc1. The minimum absolute atomic E-state index is 0.122. The van der Waals surface area contributed by atoms with E-state index in [4.69, 9.17) is 5.73 Å². The van der Waals surface area contributed by atoms with Gasteiger partial charge in [0.25, 0.3) is 5.91 Å². The number of nitrogen functional groups attached to an aromatic ring is 1. The standard InChI is InChI=1S/C17H19FN2O/c1-11(2)16(12-6-4-3-5-7-12)20-17(21)14-9-8-13(18)10-15(14)19/h3-11,16H,19H2,1-2H3,(H,20,21). The summed E-state index contributed by atoms with van der Waals surface area (Å²) < 4.78 is 13.1. The molecule has 0 bridgehead atoms. The Morgan fingerprint density at radius 2 is 1.81 bits per heavy atom. The fraction of sp³-hybridized carbons (Fsp3) is 0.235. The van der Waals surface area contributed by atoms with Crippen molar-refractivity contribution in [3.63, 3.8) is 0 Å². The smallest absolute Gasteiger partial charge is 0.253 e. The first kappa shape index (κ1) is 15.0. The number of hydrogen-bond donors (Lipinski definition) is 2. The summed E-state index contributed by atoms with van der Waals surface area (Å²) in [5, 5.41) is 2.97. The van der Waals surface area contributed by atoms with Crippen LogP contribution in [0, 0.1) is 11.7 Å². The molecule has 0 aliphatic rings. The molecule has 0 saturated carbocycles. The van der Waals surface area contributed by atoms with Gasteiger partial charge in [-0.15, -0.1) is 0 Å². The highest BCUT2D eigenvalue weighted by atomic mass is 19.1. The summed E-state index contributed by atoms with van der Waals surface area (Å²) in [6.07, 6.45) is 0. The van der Waals surface area contributed by atoms with E-state index in [-0.39, 0.29) is 29.1 Å². The number of carbonyl (C=O) groups excluding carboxylic acids is 1. The predicted octanol–water partition coefficient (Wildman–Crippen LogP) is 3.54. The van der Waals surface area contributed by atoms with Gasteiger partial charge in [-0.25, -0.2) is 4.39 Å². The Morgan fingerprint density at radius 1 is 1.14 bits per heavy atom. The van der Waals surface area contributed by atoms with Crippen LogP contribution in [-0.4, -0.2) is 5.91 Å². The van der Waals surface area contributed by atoms with Gasteiger partial charge < -0.3 is 11.1 Å². The predicted molar refractivity (Wildman–Crippen MR) is 82.3 cm³/mol. The molecule has 3 N–H and O–H groups in total. The number of anilines is 1. The van der Waals surface area contributed by atoms with Crippen LogP contribution in [0.4, 0.5) is 10.1 Å².